The van der Waals surface area contributed by atoms with Gasteiger partial charge < -0.3 is 13.7 Å². The Morgan fingerprint density at radius 3 is 1.52 bits per heavy atom. The highest BCUT2D eigenvalue weighted by atomic mass is 16.3. The first kappa shape index (κ1) is 45.1. The van der Waals surface area contributed by atoms with Crippen molar-refractivity contribution in [3.8, 4) is 55.6 Å². The highest BCUT2D eigenvalue weighted by molar-refractivity contribution is 6.22. The number of hydrogen-bond donors (Lipinski definition) is 0. The number of para-hydroxylation sites is 2. The highest BCUT2D eigenvalue weighted by Gasteiger charge is 2.49. The zero-order valence-electron chi connectivity index (χ0n) is 45.8. The molecular weight excluding hydrogens is 959 g/mol. The molecule has 17 rings (SSSR count). The molecule has 4 aliphatic carbocycles. The van der Waals surface area contributed by atoms with E-state index in [1.54, 1.807) is 0 Å². The van der Waals surface area contributed by atoms with Crippen molar-refractivity contribution in [1.82, 2.24) is 0 Å². The van der Waals surface area contributed by atoms with Crippen molar-refractivity contribution in [1.29, 1.82) is 0 Å². The lowest BCUT2D eigenvalue weighted by molar-refractivity contribution is 0.600. The van der Waals surface area contributed by atoms with E-state index in [1.807, 2.05) is 0 Å². The van der Waals surface area contributed by atoms with E-state index in [-0.39, 0.29) is 21.7 Å². The van der Waals surface area contributed by atoms with Crippen LogP contribution in [0.5, 0.6) is 0 Å². The Labute approximate surface area is 460 Å². The zero-order chi connectivity index (χ0) is 53.2. The highest BCUT2D eigenvalue weighted by Crippen LogP contribution is 2.64. The van der Waals surface area contributed by atoms with Gasteiger partial charge in [-0.3, -0.25) is 0 Å². The second kappa shape index (κ2) is 15.0. The molecule has 3 nitrogen and oxygen atoms in total. The van der Waals surface area contributed by atoms with E-state index in [2.05, 4.69) is 260 Å². The SMILES string of the molecule is CC1(C)c2ccccc2-c2ccc(-c3cc4c(c5c3oc3ccccc35)-c3ccc(N(c5ccc6c(c5)C(C)(C)c5c7c(c8oc9ccccc9c8c5-6)-c5ccccc5C7(C)C)c5cccc6ccccc56)cc3C4(C)C)cc21. The number of anilines is 3. The molecule has 0 saturated carbocycles. The van der Waals surface area contributed by atoms with Crippen LogP contribution in [0.2, 0.25) is 0 Å². The lowest BCUT2D eigenvalue weighted by Gasteiger charge is -2.32. The topological polar surface area (TPSA) is 29.5 Å². The first-order chi connectivity index (χ1) is 38.2. The number of furan rings is 2. The summed E-state index contributed by atoms with van der Waals surface area (Å²) < 4.78 is 14.1. The van der Waals surface area contributed by atoms with Crippen LogP contribution in [0.15, 0.2) is 209 Å². The molecule has 0 spiro atoms. The lowest BCUT2D eigenvalue weighted by atomic mass is 9.72. The third kappa shape index (κ3) is 5.62. The van der Waals surface area contributed by atoms with E-state index in [9.17, 15) is 0 Å². The maximum atomic E-state index is 7.05. The zero-order valence-corrected chi connectivity index (χ0v) is 45.8. The van der Waals surface area contributed by atoms with E-state index < -0.39 is 0 Å². The molecule has 13 aromatic rings. The summed E-state index contributed by atoms with van der Waals surface area (Å²) in [5, 5.41) is 7.14. The Hall–Kier alpha value is -8.92. The second-order valence-electron chi connectivity index (χ2n) is 25.1. The molecule has 79 heavy (non-hydrogen) atoms. The Morgan fingerprint density at radius 1 is 0.316 bits per heavy atom. The molecule has 2 heterocycles. The molecule has 2 aromatic heterocycles. The van der Waals surface area contributed by atoms with Gasteiger partial charge in [0, 0.05) is 71.1 Å². The Kier molecular flexibility index (Phi) is 8.57. The Bertz CT molecular complexity index is 4910. The smallest absolute Gasteiger partial charge is 0.144 e. The minimum atomic E-state index is -0.357. The van der Waals surface area contributed by atoms with E-state index >= 15 is 0 Å². The number of fused-ring (bicyclic) bond motifs is 23. The van der Waals surface area contributed by atoms with Gasteiger partial charge in [0.1, 0.15) is 22.3 Å². The van der Waals surface area contributed by atoms with Crippen LogP contribution < -0.4 is 4.90 Å². The summed E-state index contributed by atoms with van der Waals surface area (Å²) in [4.78, 5) is 2.53. The van der Waals surface area contributed by atoms with Gasteiger partial charge >= 0.3 is 0 Å². The minimum Gasteiger partial charge on any atom is -0.455 e. The fraction of sp³-hybridized carbons (Fsp3) is 0.158. The average Bonchev–Trinajstić information content (AvgIpc) is 2.44. The van der Waals surface area contributed by atoms with Gasteiger partial charge in [0.15, 0.2) is 0 Å². The molecule has 3 heteroatoms. The van der Waals surface area contributed by atoms with Crippen LogP contribution in [0.25, 0.3) is 110 Å². The summed E-state index contributed by atoms with van der Waals surface area (Å²) in [5.41, 5.74) is 29.6. The number of nitrogens with zero attached hydrogens (tertiary/aromatic N) is 1. The number of hydrogen-bond acceptors (Lipinski definition) is 3. The predicted molar refractivity (Wildman–Crippen MR) is 329 cm³/mol. The van der Waals surface area contributed by atoms with Gasteiger partial charge in [-0.25, -0.2) is 0 Å². The van der Waals surface area contributed by atoms with Gasteiger partial charge in [0.05, 0.1) is 5.69 Å². The minimum absolute atomic E-state index is 0.128. The molecule has 0 aliphatic heterocycles. The summed E-state index contributed by atoms with van der Waals surface area (Å²) in [7, 11) is 0. The number of benzene rings is 11. The van der Waals surface area contributed by atoms with Crippen molar-refractivity contribution >= 4 is 71.7 Å². The summed E-state index contributed by atoms with van der Waals surface area (Å²) in [6, 6.07) is 75.0. The monoisotopic (exact) mass is 1020 g/mol. The first-order valence-corrected chi connectivity index (χ1v) is 28.2. The van der Waals surface area contributed by atoms with Gasteiger partial charge in [-0.05, 0) is 149 Å². The molecule has 0 unspecified atom stereocenters. The molecule has 0 N–H and O–H groups in total. The molecule has 0 radical (unpaired) electrons. The van der Waals surface area contributed by atoms with Crippen LogP contribution in [0.4, 0.5) is 17.1 Å². The van der Waals surface area contributed by atoms with Gasteiger partial charge in [-0.15, -0.1) is 0 Å². The van der Waals surface area contributed by atoms with Crippen molar-refractivity contribution in [3.05, 3.63) is 245 Å². The standard InChI is InChI=1S/C76H57NO2/c1-73(2)55-27-15-11-23-47(55)48-35-32-43(38-57(48)73)54-41-60-64(66-52-25-13-17-30-62(52)78-71(54)66)50-36-33-44(39-58(50)74(60,3)4)77(61-29-19-21-42-20-9-10-22-46(42)61)45-34-37-51-59(40-45)76(7,8)69-65(51)67-53-26-14-18-31-63(53)79-72(67)68-49-24-12-16-28-56(49)75(5,6)70(68)69/h9-41H,1-8H3. The molecule has 11 aromatic carbocycles. The van der Waals surface area contributed by atoms with Crippen molar-refractivity contribution in [3.63, 3.8) is 0 Å². The summed E-state index contributed by atoms with van der Waals surface area (Å²) >= 11 is 0. The van der Waals surface area contributed by atoms with Crippen molar-refractivity contribution < 1.29 is 8.83 Å². The van der Waals surface area contributed by atoms with E-state index in [0.717, 1.165) is 50.3 Å². The first-order valence-electron chi connectivity index (χ1n) is 28.2. The molecule has 0 saturated heterocycles. The molecule has 4 aliphatic rings. The molecule has 0 atom stereocenters. The lowest BCUT2D eigenvalue weighted by Crippen LogP contribution is -2.24. The molecule has 378 valence electrons. The molecular formula is C76H57NO2. The summed E-state index contributed by atoms with van der Waals surface area (Å²) in [6.07, 6.45) is 0. The fourth-order valence-corrected chi connectivity index (χ4v) is 15.8. The van der Waals surface area contributed by atoms with E-state index in [1.165, 1.54) is 122 Å². The van der Waals surface area contributed by atoms with Gasteiger partial charge in [0.25, 0.3) is 0 Å². The molecule has 0 fully saturated rings. The Morgan fingerprint density at radius 2 is 0.797 bits per heavy atom. The number of rotatable bonds is 4. The van der Waals surface area contributed by atoms with Crippen molar-refractivity contribution in [2.24, 2.45) is 0 Å². The van der Waals surface area contributed by atoms with Crippen LogP contribution in [-0.2, 0) is 21.7 Å². The Balaban J connectivity index is 0.876. The second-order valence-corrected chi connectivity index (χ2v) is 25.1. The van der Waals surface area contributed by atoms with Crippen LogP contribution in [-0.4, -0.2) is 0 Å². The molecule has 0 bridgehead atoms. The molecule has 0 amide bonds. The van der Waals surface area contributed by atoms with Crippen LogP contribution >= 0.6 is 0 Å². The maximum Gasteiger partial charge on any atom is 0.144 e. The van der Waals surface area contributed by atoms with Crippen molar-refractivity contribution in [2.75, 3.05) is 4.90 Å². The van der Waals surface area contributed by atoms with Gasteiger partial charge in [-0.2, -0.15) is 0 Å². The normalized spacial score (nSPS) is 16.0. The summed E-state index contributed by atoms with van der Waals surface area (Å²) in [6.45, 7) is 19.4. The van der Waals surface area contributed by atoms with E-state index in [0.29, 0.717) is 0 Å². The third-order valence-electron chi connectivity index (χ3n) is 19.6. The average molecular weight is 1020 g/mol. The van der Waals surface area contributed by atoms with Gasteiger partial charge in [0.2, 0.25) is 0 Å². The fourth-order valence-electron chi connectivity index (χ4n) is 15.8. The van der Waals surface area contributed by atoms with Crippen molar-refractivity contribution in [2.45, 2.75) is 77.0 Å². The quantitative estimate of drug-likeness (QED) is 0.176. The largest absolute Gasteiger partial charge is 0.455 e. The maximum absolute atomic E-state index is 7.05. The van der Waals surface area contributed by atoms with Crippen LogP contribution in [0.3, 0.4) is 0 Å². The summed E-state index contributed by atoms with van der Waals surface area (Å²) in [5.74, 6) is 0. The predicted octanol–water partition coefficient (Wildman–Crippen LogP) is 21.0. The van der Waals surface area contributed by atoms with Crippen LogP contribution in [0.1, 0.15) is 99.9 Å². The third-order valence-corrected chi connectivity index (χ3v) is 19.6. The van der Waals surface area contributed by atoms with Crippen LogP contribution in [0, 0.1) is 0 Å². The van der Waals surface area contributed by atoms with Gasteiger partial charge in [-0.1, -0.05) is 201 Å². The van der Waals surface area contributed by atoms with E-state index in [4.69, 9.17) is 8.83 Å².